The highest BCUT2D eigenvalue weighted by Crippen LogP contribution is 2.29. The van der Waals surface area contributed by atoms with Crippen molar-refractivity contribution >= 4 is 51.6 Å². The van der Waals surface area contributed by atoms with Crippen LogP contribution in [0.3, 0.4) is 0 Å². The second-order valence-electron chi connectivity index (χ2n) is 5.86. The first-order chi connectivity index (χ1) is 13.1. The second-order valence-corrected chi connectivity index (χ2v) is 7.65. The molecule has 0 fully saturated rings. The Labute approximate surface area is 169 Å². The van der Waals surface area contributed by atoms with Crippen LogP contribution in [0.15, 0.2) is 65.1 Å². The van der Waals surface area contributed by atoms with Gasteiger partial charge in [-0.25, -0.2) is 0 Å². The van der Waals surface area contributed by atoms with Crippen molar-refractivity contribution in [3.8, 4) is 0 Å². The molecule has 0 bridgehead atoms. The van der Waals surface area contributed by atoms with E-state index in [9.17, 15) is 4.79 Å². The number of para-hydroxylation sites is 1. The van der Waals surface area contributed by atoms with E-state index in [0.717, 1.165) is 11.1 Å². The van der Waals surface area contributed by atoms with E-state index in [2.05, 4.69) is 16.8 Å². The zero-order valence-corrected chi connectivity index (χ0v) is 16.4. The summed E-state index contributed by atoms with van der Waals surface area (Å²) in [5.74, 6) is 1.09. The highest BCUT2D eigenvalue weighted by molar-refractivity contribution is 7.98. The van der Waals surface area contributed by atoms with E-state index in [-0.39, 0.29) is 5.56 Å². The standard InChI is InChI=1S/C19H14Cl2N4OS/c1-2-9-24-17(26)14-5-3-4-6-16(14)25-18(24)22-23-19(25)27-11-12-7-8-13(20)10-15(12)21/h2-8,10H,1,9,11H2. The summed E-state index contributed by atoms with van der Waals surface area (Å²) in [7, 11) is 0. The Bertz CT molecular complexity index is 1230. The molecule has 5 nitrogen and oxygen atoms in total. The van der Waals surface area contributed by atoms with Crippen molar-refractivity contribution in [1.82, 2.24) is 19.2 Å². The van der Waals surface area contributed by atoms with Gasteiger partial charge in [0.2, 0.25) is 5.78 Å². The molecule has 0 amide bonds. The van der Waals surface area contributed by atoms with Gasteiger partial charge < -0.3 is 0 Å². The maximum atomic E-state index is 12.8. The molecular weight excluding hydrogens is 403 g/mol. The molecule has 0 atom stereocenters. The van der Waals surface area contributed by atoms with E-state index in [4.69, 9.17) is 23.2 Å². The lowest BCUT2D eigenvalue weighted by Crippen LogP contribution is -2.22. The molecule has 0 saturated carbocycles. The van der Waals surface area contributed by atoms with Gasteiger partial charge in [-0.1, -0.05) is 59.2 Å². The molecule has 0 unspecified atom stereocenters. The van der Waals surface area contributed by atoms with Gasteiger partial charge in [-0.15, -0.1) is 16.8 Å². The Morgan fingerprint density at radius 3 is 2.74 bits per heavy atom. The zero-order chi connectivity index (χ0) is 19.0. The summed E-state index contributed by atoms with van der Waals surface area (Å²) >= 11 is 13.7. The number of rotatable bonds is 5. The predicted molar refractivity (Wildman–Crippen MR) is 111 cm³/mol. The lowest BCUT2D eigenvalue weighted by Gasteiger charge is -2.10. The second kappa shape index (κ2) is 7.38. The van der Waals surface area contributed by atoms with Gasteiger partial charge in [0.1, 0.15) is 0 Å². The van der Waals surface area contributed by atoms with Crippen molar-refractivity contribution in [2.45, 2.75) is 17.5 Å². The predicted octanol–water partition coefficient (Wildman–Crippen LogP) is 4.83. The van der Waals surface area contributed by atoms with Gasteiger partial charge in [0, 0.05) is 22.3 Å². The number of hydrogen-bond acceptors (Lipinski definition) is 4. The van der Waals surface area contributed by atoms with Gasteiger partial charge in [-0.2, -0.15) is 0 Å². The number of fused-ring (bicyclic) bond motifs is 3. The van der Waals surface area contributed by atoms with E-state index in [0.29, 0.717) is 38.7 Å². The fraction of sp³-hybridized carbons (Fsp3) is 0.105. The van der Waals surface area contributed by atoms with E-state index in [1.807, 2.05) is 34.7 Å². The van der Waals surface area contributed by atoms with Crippen molar-refractivity contribution in [3.05, 3.63) is 81.1 Å². The van der Waals surface area contributed by atoms with Crippen molar-refractivity contribution < 1.29 is 0 Å². The molecule has 4 rings (SSSR count). The number of thioether (sulfide) groups is 1. The van der Waals surface area contributed by atoms with Gasteiger partial charge in [-0.05, 0) is 29.8 Å². The molecular formula is C19H14Cl2N4OS. The van der Waals surface area contributed by atoms with Gasteiger partial charge in [0.05, 0.1) is 10.9 Å². The van der Waals surface area contributed by atoms with Crippen LogP contribution in [0.25, 0.3) is 16.7 Å². The van der Waals surface area contributed by atoms with E-state index < -0.39 is 0 Å². The third kappa shape index (κ3) is 3.25. The molecule has 0 aliphatic heterocycles. The van der Waals surface area contributed by atoms with E-state index in [1.165, 1.54) is 11.8 Å². The lowest BCUT2D eigenvalue weighted by molar-refractivity contribution is 0.783. The highest BCUT2D eigenvalue weighted by Gasteiger charge is 2.16. The molecule has 0 radical (unpaired) electrons. The summed E-state index contributed by atoms with van der Waals surface area (Å²) in [4.78, 5) is 12.8. The number of halogens is 2. The third-order valence-electron chi connectivity index (χ3n) is 4.16. The number of benzene rings is 2. The van der Waals surface area contributed by atoms with Crippen LogP contribution >= 0.6 is 35.0 Å². The maximum Gasteiger partial charge on any atom is 0.263 e. The molecule has 0 aliphatic rings. The topological polar surface area (TPSA) is 52.2 Å². The molecule has 27 heavy (non-hydrogen) atoms. The summed E-state index contributed by atoms with van der Waals surface area (Å²) in [6.45, 7) is 4.10. The third-order valence-corrected chi connectivity index (χ3v) is 5.73. The number of hydrogen-bond donors (Lipinski definition) is 0. The fourth-order valence-corrected chi connectivity index (χ4v) is 4.40. The molecule has 4 aromatic rings. The van der Waals surface area contributed by atoms with Gasteiger partial charge in [0.25, 0.3) is 5.56 Å². The van der Waals surface area contributed by atoms with Crippen molar-refractivity contribution in [2.75, 3.05) is 0 Å². The van der Waals surface area contributed by atoms with Gasteiger partial charge >= 0.3 is 0 Å². The molecule has 0 spiro atoms. The Balaban J connectivity index is 1.84. The highest BCUT2D eigenvalue weighted by atomic mass is 35.5. The van der Waals surface area contributed by atoms with Gasteiger partial charge in [-0.3, -0.25) is 13.8 Å². The van der Waals surface area contributed by atoms with Crippen LogP contribution in [-0.2, 0) is 12.3 Å². The van der Waals surface area contributed by atoms with E-state index >= 15 is 0 Å². The minimum atomic E-state index is -0.109. The van der Waals surface area contributed by atoms with Crippen LogP contribution in [0.5, 0.6) is 0 Å². The number of aromatic nitrogens is 4. The Morgan fingerprint density at radius 1 is 1.15 bits per heavy atom. The molecule has 136 valence electrons. The number of nitrogens with zero attached hydrogens (tertiary/aromatic N) is 4. The summed E-state index contributed by atoms with van der Waals surface area (Å²) in [6, 6.07) is 12.9. The quantitative estimate of drug-likeness (QED) is 0.345. The van der Waals surface area contributed by atoms with Crippen LogP contribution in [0, 0.1) is 0 Å². The first-order valence-corrected chi connectivity index (χ1v) is 9.88. The molecule has 0 saturated heterocycles. The number of allylic oxidation sites excluding steroid dienone is 1. The van der Waals surface area contributed by atoms with Crippen LogP contribution in [0.1, 0.15) is 5.56 Å². The Hall–Kier alpha value is -2.28. The first-order valence-electron chi connectivity index (χ1n) is 8.14. The minimum absolute atomic E-state index is 0.109. The Morgan fingerprint density at radius 2 is 1.96 bits per heavy atom. The Kier molecular flexibility index (Phi) is 4.95. The first kappa shape index (κ1) is 18.1. The fourth-order valence-electron chi connectivity index (χ4n) is 2.90. The molecule has 0 N–H and O–H groups in total. The molecule has 2 aromatic heterocycles. The van der Waals surface area contributed by atoms with E-state index in [1.54, 1.807) is 22.8 Å². The SMILES string of the molecule is C=CCn1c(=O)c2ccccc2n2c(SCc3ccc(Cl)cc3Cl)nnc12. The minimum Gasteiger partial charge on any atom is -0.272 e. The maximum absolute atomic E-state index is 12.8. The van der Waals surface area contributed by atoms with Crippen LogP contribution in [0.4, 0.5) is 0 Å². The average molecular weight is 417 g/mol. The van der Waals surface area contributed by atoms with Crippen molar-refractivity contribution in [1.29, 1.82) is 0 Å². The molecule has 8 heteroatoms. The molecule has 2 aromatic carbocycles. The largest absolute Gasteiger partial charge is 0.272 e. The monoisotopic (exact) mass is 416 g/mol. The van der Waals surface area contributed by atoms with Crippen molar-refractivity contribution in [2.24, 2.45) is 0 Å². The van der Waals surface area contributed by atoms with Crippen LogP contribution in [0.2, 0.25) is 10.0 Å². The van der Waals surface area contributed by atoms with Crippen molar-refractivity contribution in [3.63, 3.8) is 0 Å². The summed E-state index contributed by atoms with van der Waals surface area (Å²) in [5, 5.41) is 11.1. The lowest BCUT2D eigenvalue weighted by atomic mass is 10.2. The van der Waals surface area contributed by atoms with Crippen LogP contribution in [-0.4, -0.2) is 19.2 Å². The summed E-state index contributed by atoms with van der Waals surface area (Å²) < 4.78 is 3.47. The smallest absolute Gasteiger partial charge is 0.263 e. The molecule has 0 aliphatic carbocycles. The van der Waals surface area contributed by atoms with Gasteiger partial charge in [0.15, 0.2) is 5.16 Å². The van der Waals surface area contributed by atoms with Crippen LogP contribution < -0.4 is 5.56 Å². The normalized spacial score (nSPS) is 11.3. The molecule has 2 heterocycles. The zero-order valence-electron chi connectivity index (χ0n) is 14.1. The average Bonchev–Trinajstić information content (AvgIpc) is 3.08. The summed E-state index contributed by atoms with van der Waals surface area (Å²) in [6.07, 6.45) is 1.67. The summed E-state index contributed by atoms with van der Waals surface area (Å²) in [5.41, 5.74) is 1.61.